The Morgan fingerprint density at radius 2 is 1.79 bits per heavy atom. The zero-order chi connectivity index (χ0) is 31.6. The van der Waals surface area contributed by atoms with Crippen LogP contribution in [-0.2, 0) is 0 Å². The number of methoxy groups -OCH3 is 2. The van der Waals surface area contributed by atoms with Crippen LogP contribution in [0.1, 0.15) is 36.9 Å². The molecule has 0 radical (unpaired) electrons. The van der Waals surface area contributed by atoms with Crippen molar-refractivity contribution in [3.8, 4) is 28.7 Å². The van der Waals surface area contributed by atoms with E-state index in [1.807, 2.05) is 0 Å². The Labute approximate surface area is 224 Å². The molecule has 3 N–H and O–H groups in total. The summed E-state index contributed by atoms with van der Waals surface area (Å²) in [4.78, 5) is 28.4. The van der Waals surface area contributed by atoms with Gasteiger partial charge in [-0.15, -0.1) is 13.2 Å². The van der Waals surface area contributed by atoms with Gasteiger partial charge in [0.25, 0.3) is 18.2 Å². The molecule has 0 aliphatic heterocycles. The second-order valence-electron chi connectivity index (χ2n) is 7.18. The van der Waals surface area contributed by atoms with E-state index in [0.29, 0.717) is 18.2 Å². The van der Waals surface area contributed by atoms with Crippen molar-refractivity contribution in [1.29, 1.82) is 0 Å². The van der Waals surface area contributed by atoms with Gasteiger partial charge < -0.3 is 30.0 Å². The van der Waals surface area contributed by atoms with E-state index in [-0.39, 0.29) is 11.4 Å². The molecule has 9 nitrogen and oxygen atoms in total. The van der Waals surface area contributed by atoms with Gasteiger partial charge in [-0.2, -0.15) is 4.39 Å². The molecule has 0 fully saturated rings. The molecule has 2 amide bonds. The number of alkyl halides is 5. The average Bonchev–Trinajstić information content (AvgIpc) is 2.85. The van der Waals surface area contributed by atoms with Gasteiger partial charge in [-0.05, 0) is 24.3 Å². The molecule has 0 aliphatic rings. The molecule has 3 rings (SSSR count). The van der Waals surface area contributed by atoms with Crippen LogP contribution in [0.5, 0.6) is 28.7 Å². The zero-order valence-corrected chi connectivity index (χ0v) is 19.9. The number of nitrogens with zero attached hydrogens (tertiary/aromatic N) is 1. The molecule has 1 heterocycles. The van der Waals surface area contributed by atoms with Gasteiger partial charge >= 0.3 is 6.36 Å². The summed E-state index contributed by atoms with van der Waals surface area (Å²) in [7, 11) is -2.55. The van der Waals surface area contributed by atoms with E-state index < -0.39 is 82.4 Å². The molecule has 1 aromatic heterocycles. The summed E-state index contributed by atoms with van der Waals surface area (Å²) in [6.07, 6.45) is -7.62. The molecular weight excluding hydrogens is 564 g/mol. The van der Waals surface area contributed by atoms with Crippen molar-refractivity contribution in [2.45, 2.75) is 12.8 Å². The molecule has 208 valence electrons. The maximum absolute atomic E-state index is 15.0. The quantitative estimate of drug-likeness (QED) is 0.303. The Morgan fingerprint density at radius 1 is 1.10 bits per heavy atom. The number of amides is 2. The lowest BCUT2D eigenvalue weighted by atomic mass is 10.1. The number of carbonyl (C=O) groups excluding carboxylic acids is 2. The van der Waals surface area contributed by atoms with Crippen LogP contribution in [0.4, 0.5) is 32.0 Å². The minimum Gasteiger partial charge on any atom is -0.495 e. The van der Waals surface area contributed by atoms with Gasteiger partial charge in [0.15, 0.2) is 11.5 Å². The molecular formula is C23H16ClF6N3O6. The minimum atomic E-state index is -5.39. The lowest BCUT2D eigenvalue weighted by Gasteiger charge is -2.20. The highest BCUT2D eigenvalue weighted by atomic mass is 35.5. The summed E-state index contributed by atoms with van der Waals surface area (Å²) >= 11 is 5.97. The summed E-state index contributed by atoms with van der Waals surface area (Å²) in [5.41, 5.74) is 2.96. The molecule has 0 atom stereocenters. The number of hydrogen-bond acceptors (Lipinski definition) is 7. The van der Waals surface area contributed by atoms with Crippen molar-refractivity contribution in [2.75, 3.05) is 19.5 Å². The Bertz CT molecular complexity index is 1520. The van der Waals surface area contributed by atoms with Crippen LogP contribution in [0, 0.1) is 5.82 Å². The summed E-state index contributed by atoms with van der Waals surface area (Å²) < 4.78 is 121. The number of carbonyl (C=O) groups is 2. The summed E-state index contributed by atoms with van der Waals surface area (Å²) in [5.74, 6) is -9.64. The molecule has 0 bridgehead atoms. The topological polar surface area (TPSA) is 122 Å². The number of nitrogens with one attached hydrogen (secondary N) is 1. The number of halogens is 7. The van der Waals surface area contributed by atoms with Crippen LogP contribution in [0.15, 0.2) is 36.5 Å². The van der Waals surface area contributed by atoms with Crippen molar-refractivity contribution in [2.24, 2.45) is 5.73 Å². The van der Waals surface area contributed by atoms with E-state index in [1.165, 1.54) is 6.07 Å². The monoisotopic (exact) mass is 582 g/mol. The number of primary amides is 1. The van der Waals surface area contributed by atoms with Gasteiger partial charge in [0.05, 0.1) is 28.8 Å². The average molecular weight is 583 g/mol. The first kappa shape index (κ1) is 24.9. The maximum Gasteiger partial charge on any atom is 0.573 e. The molecule has 39 heavy (non-hydrogen) atoms. The number of benzene rings is 2. The smallest absolute Gasteiger partial charge is 0.495 e. The molecule has 0 saturated heterocycles. The second-order valence-corrected chi connectivity index (χ2v) is 7.59. The second kappa shape index (κ2) is 11.6. The number of anilines is 1. The Morgan fingerprint density at radius 3 is 2.38 bits per heavy atom. The normalized spacial score (nSPS) is 12.7. The number of hydrogen-bond donors (Lipinski definition) is 2. The van der Waals surface area contributed by atoms with Gasteiger partial charge in [0.2, 0.25) is 11.6 Å². The fraction of sp³-hybridized carbons (Fsp3) is 0.174. The SMILES string of the molecule is [2H]C([2H])([2H])Oc1c(Oc2cc(Cl)c(C(F)F)c(OC)c2C(=O)Nc2ccnc(C(N)=O)c2)ccc(OC(F)(F)F)c1F. The molecule has 0 spiro atoms. The zero-order valence-electron chi connectivity index (χ0n) is 22.2. The van der Waals surface area contributed by atoms with Crippen LogP contribution in [0.25, 0.3) is 0 Å². The molecule has 0 unspecified atom stereocenters. The first-order chi connectivity index (χ1) is 19.4. The third-order valence-electron chi connectivity index (χ3n) is 4.73. The molecule has 2 aromatic carbocycles. The van der Waals surface area contributed by atoms with E-state index in [4.69, 9.17) is 30.9 Å². The van der Waals surface area contributed by atoms with E-state index in [0.717, 1.165) is 19.4 Å². The van der Waals surface area contributed by atoms with Crippen molar-refractivity contribution >= 4 is 29.1 Å². The third-order valence-corrected chi connectivity index (χ3v) is 5.04. The lowest BCUT2D eigenvalue weighted by Crippen LogP contribution is -2.18. The lowest BCUT2D eigenvalue weighted by molar-refractivity contribution is -0.275. The number of nitrogens with two attached hydrogens (primary N) is 1. The highest BCUT2D eigenvalue weighted by molar-refractivity contribution is 6.32. The number of rotatable bonds is 9. The molecule has 0 aliphatic carbocycles. The summed E-state index contributed by atoms with van der Waals surface area (Å²) in [5, 5.41) is 1.53. The van der Waals surface area contributed by atoms with Crippen molar-refractivity contribution in [1.82, 2.24) is 4.98 Å². The Balaban J connectivity index is 2.21. The van der Waals surface area contributed by atoms with Crippen molar-refractivity contribution in [3.05, 3.63) is 64.2 Å². The van der Waals surface area contributed by atoms with Gasteiger partial charge in [-0.3, -0.25) is 14.6 Å². The minimum absolute atomic E-state index is 0.114. The molecule has 16 heteroatoms. The van der Waals surface area contributed by atoms with E-state index in [9.17, 15) is 35.9 Å². The highest BCUT2D eigenvalue weighted by Gasteiger charge is 2.34. The van der Waals surface area contributed by atoms with Crippen LogP contribution in [0.2, 0.25) is 5.02 Å². The van der Waals surface area contributed by atoms with E-state index in [1.54, 1.807) is 0 Å². The van der Waals surface area contributed by atoms with Crippen molar-refractivity contribution in [3.63, 3.8) is 0 Å². The number of ether oxygens (including phenoxy) is 4. The predicted molar refractivity (Wildman–Crippen MR) is 123 cm³/mol. The highest BCUT2D eigenvalue weighted by Crippen LogP contribution is 2.46. The van der Waals surface area contributed by atoms with Crippen LogP contribution in [0.3, 0.4) is 0 Å². The van der Waals surface area contributed by atoms with Gasteiger partial charge in [0.1, 0.15) is 22.8 Å². The number of pyridine rings is 1. The third kappa shape index (κ3) is 6.54. The largest absolute Gasteiger partial charge is 0.573 e. The van der Waals surface area contributed by atoms with Crippen molar-refractivity contribution < 1.29 is 59.0 Å². The summed E-state index contributed by atoms with van der Waals surface area (Å²) in [6, 6.07) is 3.89. The predicted octanol–water partition coefficient (Wildman–Crippen LogP) is 5.87. The first-order valence-corrected chi connectivity index (χ1v) is 10.5. The van der Waals surface area contributed by atoms with E-state index in [2.05, 4.69) is 19.8 Å². The summed E-state index contributed by atoms with van der Waals surface area (Å²) in [6.45, 7) is 0. The Hall–Kier alpha value is -4.40. The van der Waals surface area contributed by atoms with E-state index >= 15 is 0 Å². The first-order valence-electron chi connectivity index (χ1n) is 11.6. The van der Waals surface area contributed by atoms with Gasteiger partial charge in [-0.1, -0.05) is 11.6 Å². The van der Waals surface area contributed by atoms with Crippen LogP contribution < -0.4 is 30.0 Å². The fourth-order valence-corrected chi connectivity index (χ4v) is 3.45. The van der Waals surface area contributed by atoms with Gasteiger partial charge in [-0.25, -0.2) is 8.78 Å². The van der Waals surface area contributed by atoms with Crippen LogP contribution >= 0.6 is 11.6 Å². The molecule has 0 saturated carbocycles. The number of aromatic nitrogens is 1. The Kier molecular flexibility index (Phi) is 7.38. The van der Waals surface area contributed by atoms with Crippen LogP contribution in [-0.4, -0.2) is 37.3 Å². The fourth-order valence-electron chi connectivity index (χ4n) is 3.19. The molecule has 3 aromatic rings. The maximum atomic E-state index is 15.0. The standard InChI is InChI=1S/C23H16ClF6N3O6/c1-36-18-13(4-3-12(17(18)25)39-23(28,29)30)38-14-8-10(24)15(20(26)27)19(37-2)16(14)22(35)33-9-5-6-32-11(7-9)21(31)34/h3-8,20H,1-2H3,(H2,31,34)(H,32,33,35)/i1D3. The van der Waals surface area contributed by atoms with Gasteiger partial charge in [0, 0.05) is 18.0 Å².